The number of nitrogens with zero attached hydrogens (tertiary/aromatic N) is 1. The average Bonchev–Trinajstić information content (AvgIpc) is 3.11. The van der Waals surface area contributed by atoms with Crippen molar-refractivity contribution in [3.8, 4) is 11.4 Å². The molecule has 0 aliphatic rings. The van der Waals surface area contributed by atoms with Gasteiger partial charge in [-0.1, -0.05) is 42.5 Å². The zero-order chi connectivity index (χ0) is 16.3. The minimum atomic E-state index is 0.755. The lowest BCUT2D eigenvalue weighted by Crippen LogP contribution is -2.29. The van der Waals surface area contributed by atoms with Gasteiger partial charge in [0.2, 0.25) is 0 Å². The molecule has 2 aromatic heterocycles. The zero-order valence-electron chi connectivity index (χ0n) is 13.7. The molecule has 5 rings (SSSR count). The minimum absolute atomic E-state index is 0.755. The third-order valence-electron chi connectivity index (χ3n) is 4.97. The molecule has 0 bridgehead atoms. The highest BCUT2D eigenvalue weighted by Crippen LogP contribution is 2.39. The summed E-state index contributed by atoms with van der Waals surface area (Å²) in [5.41, 5.74) is 5.03. The van der Waals surface area contributed by atoms with Crippen LogP contribution >= 0.6 is 8.19 Å². The molecule has 1 atom stereocenters. The summed E-state index contributed by atoms with van der Waals surface area (Å²) < 4.78 is 2.28. The van der Waals surface area contributed by atoms with Gasteiger partial charge in [0.1, 0.15) is 0 Å². The van der Waals surface area contributed by atoms with E-state index < -0.39 is 0 Å². The Kier molecular flexibility index (Phi) is 2.86. The van der Waals surface area contributed by atoms with Gasteiger partial charge in [-0.3, -0.25) is 0 Å². The van der Waals surface area contributed by atoms with Gasteiger partial charge in [-0.05, 0) is 40.5 Å². The predicted octanol–water partition coefficient (Wildman–Crippen LogP) is 5.31. The van der Waals surface area contributed by atoms with Crippen LogP contribution in [-0.2, 0) is 7.05 Å². The molecule has 2 nitrogen and oxygen atoms in total. The fraction of sp³-hybridized carbons (Fsp3) is 0.0952. The maximum absolute atomic E-state index is 3.64. The zero-order valence-corrected chi connectivity index (χ0v) is 14.7. The molecule has 5 aromatic rings. The van der Waals surface area contributed by atoms with Gasteiger partial charge in [-0.15, -0.1) is 8.19 Å². The fourth-order valence-corrected chi connectivity index (χ4v) is 5.06. The largest absolute Gasteiger partial charge is 0.287 e. The van der Waals surface area contributed by atoms with Crippen molar-refractivity contribution in [2.24, 2.45) is 7.05 Å². The maximum Gasteiger partial charge on any atom is 0.287 e. The molecule has 1 N–H and O–H groups in total. The number of hydrogen-bond acceptors (Lipinski definition) is 0. The Morgan fingerprint density at radius 3 is 2.54 bits per heavy atom. The molecule has 116 valence electrons. The summed E-state index contributed by atoms with van der Waals surface area (Å²) in [6, 6.07) is 22.0. The van der Waals surface area contributed by atoms with Gasteiger partial charge in [0.25, 0.3) is 5.82 Å². The fourth-order valence-electron chi connectivity index (χ4n) is 3.68. The number of H-pyrrole nitrogens is 1. The van der Waals surface area contributed by atoms with Crippen LogP contribution < -0.4 is 4.57 Å². The third kappa shape index (κ3) is 1.87. The van der Waals surface area contributed by atoms with Crippen LogP contribution in [0.15, 0.2) is 60.7 Å². The normalized spacial score (nSPS) is 12.1. The lowest BCUT2D eigenvalue weighted by Gasteiger charge is -1.99. The van der Waals surface area contributed by atoms with Crippen molar-refractivity contribution in [2.45, 2.75) is 6.92 Å². The molecule has 0 fully saturated rings. The second-order valence-corrected chi connectivity index (χ2v) is 7.76. The van der Waals surface area contributed by atoms with Crippen molar-refractivity contribution in [3.05, 3.63) is 66.2 Å². The van der Waals surface area contributed by atoms with Gasteiger partial charge in [-0.2, -0.15) is 0 Å². The summed E-state index contributed by atoms with van der Waals surface area (Å²) in [7, 11) is 2.90. The Morgan fingerprint density at radius 2 is 1.67 bits per heavy atom. The highest BCUT2D eigenvalue weighted by Gasteiger charge is 2.20. The number of imidazole rings is 1. The second kappa shape index (κ2) is 4.96. The lowest BCUT2D eigenvalue weighted by molar-refractivity contribution is -0.633. The monoisotopic (exact) mass is 329 g/mol. The van der Waals surface area contributed by atoms with E-state index in [-0.39, 0.29) is 0 Å². The molecular formula is C21H18N2P+. The van der Waals surface area contributed by atoms with Gasteiger partial charge in [0.05, 0.1) is 12.6 Å². The molecule has 0 saturated heterocycles. The molecule has 1 unspecified atom stereocenters. The number of rotatable bonds is 1. The molecule has 0 radical (unpaired) electrons. The molecule has 0 aliphatic heterocycles. The summed E-state index contributed by atoms with van der Waals surface area (Å²) in [6.07, 6.45) is 0. The van der Waals surface area contributed by atoms with E-state index in [1.54, 1.807) is 0 Å². The number of aromatic nitrogens is 2. The van der Waals surface area contributed by atoms with Crippen LogP contribution in [0.25, 0.3) is 43.4 Å². The van der Waals surface area contributed by atoms with Crippen molar-refractivity contribution in [1.82, 2.24) is 4.98 Å². The third-order valence-corrected chi connectivity index (χ3v) is 6.36. The second-order valence-electron chi connectivity index (χ2n) is 6.43. The Morgan fingerprint density at radius 1 is 0.875 bits per heavy atom. The Bertz CT molecular complexity index is 1230. The summed E-state index contributed by atoms with van der Waals surface area (Å²) in [5, 5.41) is 5.69. The number of benzene rings is 3. The van der Waals surface area contributed by atoms with Gasteiger partial charge in [-0.25, -0.2) is 9.55 Å². The number of fused-ring (bicyclic) bond motifs is 4. The number of aryl methyl sites for hydroxylation is 2. The molecule has 0 aliphatic carbocycles. The lowest BCUT2D eigenvalue weighted by atomic mass is 10.1. The first-order chi connectivity index (χ1) is 11.7. The molecule has 24 heavy (non-hydrogen) atoms. The first-order valence-corrected chi connectivity index (χ1v) is 9.20. The SMILES string of the molecule is Cc1ccccc1-c1[nH]c2cc3[pH]c4ccccc4c3cc2[n+]1C. The van der Waals surface area contributed by atoms with Crippen molar-refractivity contribution in [1.29, 1.82) is 0 Å². The first-order valence-electron chi connectivity index (χ1n) is 8.20. The number of aromatic amines is 1. The van der Waals surface area contributed by atoms with Crippen LogP contribution in [-0.4, -0.2) is 4.98 Å². The van der Waals surface area contributed by atoms with E-state index in [9.17, 15) is 0 Å². The van der Waals surface area contributed by atoms with Crippen LogP contribution in [0.1, 0.15) is 5.56 Å². The van der Waals surface area contributed by atoms with Crippen molar-refractivity contribution < 1.29 is 4.57 Å². The first kappa shape index (κ1) is 13.8. The van der Waals surface area contributed by atoms with Crippen LogP contribution in [0, 0.1) is 6.92 Å². The summed E-state index contributed by atoms with van der Waals surface area (Å²) in [6.45, 7) is 2.17. The molecule has 3 aromatic carbocycles. The van der Waals surface area contributed by atoms with Crippen molar-refractivity contribution >= 4 is 40.2 Å². The molecule has 0 saturated carbocycles. The van der Waals surface area contributed by atoms with E-state index in [0.29, 0.717) is 0 Å². The predicted molar refractivity (Wildman–Crippen MR) is 104 cm³/mol. The van der Waals surface area contributed by atoms with Crippen LogP contribution in [0.3, 0.4) is 0 Å². The van der Waals surface area contributed by atoms with Gasteiger partial charge < -0.3 is 0 Å². The van der Waals surface area contributed by atoms with Gasteiger partial charge in [0, 0.05) is 11.2 Å². The highest BCUT2D eigenvalue weighted by molar-refractivity contribution is 7.44. The average molecular weight is 329 g/mol. The molecule has 0 amide bonds. The van der Waals surface area contributed by atoms with E-state index in [1.807, 2.05) is 0 Å². The molecular weight excluding hydrogens is 311 g/mol. The molecule has 0 spiro atoms. The van der Waals surface area contributed by atoms with E-state index in [1.165, 1.54) is 49.0 Å². The van der Waals surface area contributed by atoms with Crippen LogP contribution in [0.2, 0.25) is 0 Å². The van der Waals surface area contributed by atoms with E-state index in [2.05, 4.69) is 84.2 Å². The van der Waals surface area contributed by atoms with Gasteiger partial charge in [0.15, 0.2) is 11.0 Å². The summed E-state index contributed by atoms with van der Waals surface area (Å²) in [5.74, 6) is 1.17. The highest BCUT2D eigenvalue weighted by atomic mass is 31.0. The van der Waals surface area contributed by atoms with Crippen molar-refractivity contribution in [2.75, 3.05) is 0 Å². The quantitative estimate of drug-likeness (QED) is 0.402. The molecule has 3 heteroatoms. The summed E-state index contributed by atoms with van der Waals surface area (Å²) in [4.78, 5) is 3.64. The smallest absolute Gasteiger partial charge is 0.236 e. The Hall–Kier alpha value is -2.57. The van der Waals surface area contributed by atoms with Crippen LogP contribution in [0.5, 0.6) is 0 Å². The van der Waals surface area contributed by atoms with Crippen molar-refractivity contribution in [3.63, 3.8) is 0 Å². The Balaban J connectivity index is 1.86. The summed E-state index contributed by atoms with van der Waals surface area (Å²) >= 11 is 0. The number of nitrogens with one attached hydrogen (secondary N) is 1. The molecule has 2 heterocycles. The van der Waals surface area contributed by atoms with Crippen LogP contribution in [0.4, 0.5) is 0 Å². The van der Waals surface area contributed by atoms with E-state index >= 15 is 0 Å². The van der Waals surface area contributed by atoms with E-state index in [4.69, 9.17) is 0 Å². The number of hydrogen-bond donors (Lipinski definition) is 1. The Labute approximate surface area is 141 Å². The topological polar surface area (TPSA) is 19.7 Å². The van der Waals surface area contributed by atoms with Gasteiger partial charge >= 0.3 is 0 Å². The van der Waals surface area contributed by atoms with E-state index in [0.717, 1.165) is 8.19 Å². The standard InChI is InChI=1S/C21H17N2P/c1-13-7-3-4-8-14(13)21-22-17-12-20-16(11-18(17)23(21)2)15-9-5-6-10-19(15)24-20/h3-12,24H,1-2H3/p+1. The minimum Gasteiger partial charge on any atom is -0.236 e. The maximum atomic E-state index is 3.64.